The molecule has 0 fully saturated rings. The first kappa shape index (κ1) is 52.5. The van der Waals surface area contributed by atoms with Gasteiger partial charge in [-0.25, -0.2) is 24.0 Å². The van der Waals surface area contributed by atoms with Crippen LogP contribution < -0.4 is 0 Å². The molecule has 0 unspecified atom stereocenters. The molecule has 0 aliphatic heterocycles. The number of hydrogen-bond acceptors (Lipinski definition) is 7. The number of imidazole rings is 2. The van der Waals surface area contributed by atoms with Gasteiger partial charge in [0.2, 0.25) is 0 Å². The topological polar surface area (TPSA) is 103 Å². The maximum absolute atomic E-state index is 4.26. The molecule has 0 aliphatic rings. The van der Waals surface area contributed by atoms with E-state index in [2.05, 4.69) is 109 Å². The predicted octanol–water partition coefficient (Wildman–Crippen LogP) is 13.7. The quantitative estimate of drug-likeness (QED) is 0.175. The highest BCUT2D eigenvalue weighted by molar-refractivity contribution is 5.81. The van der Waals surface area contributed by atoms with Crippen molar-refractivity contribution in [3.8, 4) is 0 Å². The molecule has 8 heterocycles. The van der Waals surface area contributed by atoms with Gasteiger partial charge in [0.15, 0.2) is 5.65 Å². The van der Waals surface area contributed by atoms with Crippen LogP contribution in [-0.4, -0.2) is 48.5 Å². The van der Waals surface area contributed by atoms with Crippen molar-refractivity contribution in [2.24, 2.45) is 0 Å². The Morgan fingerprint density at radius 1 is 0.448 bits per heavy atom. The standard InChI is InChI=1S/C11H12N2.C10H12N2.2C9H11N3.4C2H6.CH4/c1-8(2)10-6-12-7-11-9(10)4-3-5-13-11;1-8(2)9-5-6-11-12-7-3-4-10(9)12;1-7(2)8-5-10-6-12-4-3-11-9(8)12;1-7(2)8-3-4-11-12-6-5-10-9(8)12;4*1-2;/h3-8H,1-2H3;3-8H,1-2H3;2*3-7H,1-2H3;4*1-2H3;1H4. The maximum Gasteiger partial charge on any atom is 0.156 e. The molecule has 0 radical (unpaired) electrons. The Balaban J connectivity index is 0.000000701. The summed E-state index contributed by atoms with van der Waals surface area (Å²) in [6, 6.07) is 12.3. The van der Waals surface area contributed by atoms with E-state index in [1.807, 2.05) is 126 Å². The van der Waals surface area contributed by atoms with Crippen LogP contribution in [0, 0.1) is 0 Å². The fourth-order valence-corrected chi connectivity index (χ4v) is 5.53. The highest BCUT2D eigenvalue weighted by Gasteiger charge is 2.08. The van der Waals surface area contributed by atoms with Crippen molar-refractivity contribution in [1.29, 1.82) is 0 Å². The van der Waals surface area contributed by atoms with E-state index in [1.165, 1.54) is 33.2 Å². The molecule has 0 amide bonds. The SMILES string of the molecule is C.CC.CC.CC.CC.CC(C)c1ccnn2cccc12.CC(C)c1ccnn2ccnc12.CC(C)c1cncc2ncccc12.CC(C)c1cncn2ccnc12. The van der Waals surface area contributed by atoms with Crippen LogP contribution in [0.3, 0.4) is 0 Å². The van der Waals surface area contributed by atoms with Crippen molar-refractivity contribution >= 4 is 27.7 Å². The van der Waals surface area contributed by atoms with E-state index in [0.29, 0.717) is 23.7 Å². The lowest BCUT2D eigenvalue weighted by Gasteiger charge is -2.07. The summed E-state index contributed by atoms with van der Waals surface area (Å²) in [7, 11) is 0. The molecule has 58 heavy (non-hydrogen) atoms. The molecule has 0 N–H and O–H groups in total. The number of fused-ring (bicyclic) bond motifs is 4. The minimum atomic E-state index is 0. The number of nitrogens with zero attached hydrogens (tertiary/aromatic N) is 10. The Morgan fingerprint density at radius 2 is 1.00 bits per heavy atom. The average Bonchev–Trinajstić information content (AvgIpc) is 4.05. The molecule has 0 aromatic carbocycles. The molecule has 10 heteroatoms. The van der Waals surface area contributed by atoms with Crippen LogP contribution >= 0.6 is 0 Å². The van der Waals surface area contributed by atoms with Crippen molar-refractivity contribution in [3.05, 3.63) is 133 Å². The van der Waals surface area contributed by atoms with E-state index < -0.39 is 0 Å². The van der Waals surface area contributed by atoms with E-state index >= 15 is 0 Å². The molecule has 8 rings (SSSR count). The maximum atomic E-state index is 4.26. The Hall–Kier alpha value is -5.51. The molecular formula is C48H74N10. The summed E-state index contributed by atoms with van der Waals surface area (Å²) in [5, 5.41) is 9.55. The monoisotopic (exact) mass is 791 g/mol. The van der Waals surface area contributed by atoms with Gasteiger partial charge in [-0.2, -0.15) is 10.2 Å². The second-order valence-electron chi connectivity index (χ2n) is 13.0. The Kier molecular flexibility index (Phi) is 26.1. The first-order valence-corrected chi connectivity index (χ1v) is 20.8. The summed E-state index contributed by atoms with van der Waals surface area (Å²) in [5.74, 6) is 2.03. The summed E-state index contributed by atoms with van der Waals surface area (Å²) in [4.78, 5) is 21.1. The van der Waals surface area contributed by atoms with Crippen LogP contribution in [0.15, 0.2) is 111 Å². The first-order valence-electron chi connectivity index (χ1n) is 20.8. The van der Waals surface area contributed by atoms with E-state index in [0.717, 1.165) is 16.8 Å². The largest absolute Gasteiger partial charge is 0.290 e. The van der Waals surface area contributed by atoms with Crippen molar-refractivity contribution in [2.45, 2.75) is 142 Å². The first-order chi connectivity index (χ1) is 27.7. The van der Waals surface area contributed by atoms with Gasteiger partial charge in [0.25, 0.3) is 0 Å². The molecule has 10 nitrogen and oxygen atoms in total. The lowest BCUT2D eigenvalue weighted by Crippen LogP contribution is -1.96. The third-order valence-corrected chi connectivity index (χ3v) is 8.17. The molecule has 0 atom stereocenters. The second kappa shape index (κ2) is 28.8. The van der Waals surface area contributed by atoms with Gasteiger partial charge >= 0.3 is 0 Å². The molecule has 0 saturated heterocycles. The minimum absolute atomic E-state index is 0. The molecule has 8 aromatic heterocycles. The lowest BCUT2D eigenvalue weighted by molar-refractivity contribution is 0.835. The van der Waals surface area contributed by atoms with E-state index in [-0.39, 0.29) is 7.43 Å². The molecule has 316 valence electrons. The highest BCUT2D eigenvalue weighted by Crippen LogP contribution is 2.23. The average molecular weight is 791 g/mol. The zero-order chi connectivity index (χ0) is 42.9. The van der Waals surface area contributed by atoms with Crippen LogP contribution in [0.2, 0.25) is 0 Å². The van der Waals surface area contributed by atoms with Crippen molar-refractivity contribution < 1.29 is 0 Å². The summed E-state index contributed by atoms with van der Waals surface area (Å²) in [6.07, 6.45) is 22.2. The molecule has 0 aliphatic carbocycles. The molecule has 0 saturated carbocycles. The molecule has 0 spiro atoms. The summed E-state index contributed by atoms with van der Waals surface area (Å²) >= 11 is 0. The van der Waals surface area contributed by atoms with Gasteiger partial charge in [-0.1, -0.05) is 124 Å². The van der Waals surface area contributed by atoms with Crippen molar-refractivity contribution in [1.82, 2.24) is 48.5 Å². The van der Waals surface area contributed by atoms with Gasteiger partial charge in [0.05, 0.1) is 17.2 Å². The molecular weight excluding hydrogens is 717 g/mol. The number of rotatable bonds is 4. The van der Waals surface area contributed by atoms with Gasteiger partial charge < -0.3 is 0 Å². The fourth-order valence-electron chi connectivity index (χ4n) is 5.53. The zero-order valence-electron chi connectivity index (χ0n) is 37.7. The lowest BCUT2D eigenvalue weighted by atomic mass is 10.0. The Morgan fingerprint density at radius 3 is 1.62 bits per heavy atom. The Labute approximate surface area is 350 Å². The molecule has 8 aromatic rings. The van der Waals surface area contributed by atoms with Crippen molar-refractivity contribution in [3.63, 3.8) is 0 Å². The van der Waals surface area contributed by atoms with Crippen LogP contribution in [0.1, 0.15) is 164 Å². The fraction of sp³-hybridized carbons (Fsp3) is 0.438. The third kappa shape index (κ3) is 14.8. The van der Waals surface area contributed by atoms with Crippen molar-refractivity contribution in [2.75, 3.05) is 0 Å². The van der Waals surface area contributed by atoms with Gasteiger partial charge in [-0.3, -0.25) is 14.4 Å². The number of pyridine rings is 2. The van der Waals surface area contributed by atoms with E-state index in [1.54, 1.807) is 35.6 Å². The van der Waals surface area contributed by atoms with Crippen LogP contribution in [0.4, 0.5) is 0 Å². The second-order valence-corrected chi connectivity index (χ2v) is 13.0. The van der Waals surface area contributed by atoms with Gasteiger partial charge in [0.1, 0.15) is 12.0 Å². The number of aromatic nitrogens is 10. The Bertz CT molecular complexity index is 2030. The van der Waals surface area contributed by atoms with Gasteiger partial charge in [-0.15, -0.1) is 0 Å². The summed E-state index contributed by atoms with van der Waals surface area (Å²) < 4.78 is 5.65. The van der Waals surface area contributed by atoms with Crippen LogP contribution in [-0.2, 0) is 0 Å². The number of hydrogen-bond donors (Lipinski definition) is 0. The van der Waals surface area contributed by atoms with Crippen LogP contribution in [0.25, 0.3) is 27.7 Å². The zero-order valence-corrected chi connectivity index (χ0v) is 37.7. The summed E-state index contributed by atoms with van der Waals surface area (Å²) in [5.41, 5.74) is 9.24. The normalized spacial score (nSPS) is 9.86. The minimum Gasteiger partial charge on any atom is -0.290 e. The van der Waals surface area contributed by atoms with Gasteiger partial charge in [0, 0.05) is 78.5 Å². The smallest absolute Gasteiger partial charge is 0.156 e. The predicted molar refractivity (Wildman–Crippen MR) is 249 cm³/mol. The van der Waals surface area contributed by atoms with E-state index in [4.69, 9.17) is 0 Å². The third-order valence-electron chi connectivity index (χ3n) is 8.17. The summed E-state index contributed by atoms with van der Waals surface area (Å²) in [6.45, 7) is 33.3. The van der Waals surface area contributed by atoms with Gasteiger partial charge in [-0.05, 0) is 65.1 Å². The molecule has 0 bridgehead atoms. The highest BCUT2D eigenvalue weighted by atomic mass is 15.2. The van der Waals surface area contributed by atoms with Crippen LogP contribution in [0.5, 0.6) is 0 Å². The van der Waals surface area contributed by atoms with E-state index in [9.17, 15) is 0 Å².